The minimum Gasteiger partial charge on any atom is -0.501 e. The molecule has 1 heterocycles. The van der Waals surface area contributed by atoms with Crippen molar-refractivity contribution in [1.29, 1.82) is 0 Å². The molecule has 6 heteroatoms. The van der Waals surface area contributed by atoms with E-state index in [1.165, 1.54) is 12.3 Å². The summed E-state index contributed by atoms with van der Waals surface area (Å²) in [6.45, 7) is 1.80. The van der Waals surface area contributed by atoms with Gasteiger partial charge in [-0.15, -0.1) is 0 Å². The van der Waals surface area contributed by atoms with E-state index in [2.05, 4.69) is 4.98 Å². The molecule has 94 valence electrons. The zero-order valence-electron chi connectivity index (χ0n) is 9.16. The second-order valence-corrected chi connectivity index (χ2v) is 3.18. The number of ether oxygens (including phenoxy) is 1. The van der Waals surface area contributed by atoms with E-state index in [0.717, 1.165) is 12.3 Å². The van der Waals surface area contributed by atoms with Gasteiger partial charge in [0.25, 0.3) is 0 Å². The van der Waals surface area contributed by atoms with Crippen molar-refractivity contribution in [3.63, 3.8) is 0 Å². The smallest absolute Gasteiger partial charge is 0.433 e. The van der Waals surface area contributed by atoms with Gasteiger partial charge in [-0.2, -0.15) is 13.2 Å². The maximum absolute atomic E-state index is 12.4. The van der Waals surface area contributed by atoms with Gasteiger partial charge in [-0.25, -0.2) is 0 Å². The average molecular weight is 247 g/mol. The van der Waals surface area contributed by atoms with Crippen LogP contribution in [0.15, 0.2) is 18.5 Å². The summed E-state index contributed by atoms with van der Waals surface area (Å²) in [6, 6.07) is 0.876. The van der Waals surface area contributed by atoms with Crippen LogP contribution >= 0.6 is 0 Å². The molecule has 0 aromatic carbocycles. The predicted octanol–water partition coefficient (Wildman–Crippen LogP) is 2.60. The van der Waals surface area contributed by atoms with Crippen molar-refractivity contribution in [2.45, 2.75) is 19.7 Å². The summed E-state index contributed by atoms with van der Waals surface area (Å²) in [4.78, 5) is 3.25. The molecule has 0 spiro atoms. The van der Waals surface area contributed by atoms with Crippen molar-refractivity contribution >= 4 is 6.08 Å². The number of pyridine rings is 1. The highest BCUT2D eigenvalue weighted by Gasteiger charge is 2.32. The van der Waals surface area contributed by atoms with Crippen LogP contribution in [0, 0.1) is 0 Å². The van der Waals surface area contributed by atoms with Gasteiger partial charge in [-0.05, 0) is 24.6 Å². The van der Waals surface area contributed by atoms with Crippen LogP contribution < -0.4 is 0 Å². The van der Waals surface area contributed by atoms with Gasteiger partial charge in [0.1, 0.15) is 5.69 Å². The van der Waals surface area contributed by atoms with E-state index >= 15 is 0 Å². The maximum atomic E-state index is 12.4. The molecule has 0 atom stereocenters. The summed E-state index contributed by atoms with van der Waals surface area (Å²) in [6.07, 6.45) is -0.836. The first-order valence-corrected chi connectivity index (χ1v) is 4.94. The van der Waals surface area contributed by atoms with Crippen molar-refractivity contribution in [2.24, 2.45) is 0 Å². The number of aromatic nitrogens is 1. The summed E-state index contributed by atoms with van der Waals surface area (Å²) >= 11 is 0. The minimum atomic E-state index is -4.50. The minimum absolute atomic E-state index is 0.239. The van der Waals surface area contributed by atoms with E-state index in [1.54, 1.807) is 6.92 Å². The molecule has 0 fully saturated rings. The van der Waals surface area contributed by atoms with Gasteiger partial charge >= 0.3 is 6.18 Å². The van der Waals surface area contributed by atoms with Crippen molar-refractivity contribution < 1.29 is 23.0 Å². The first-order valence-electron chi connectivity index (χ1n) is 4.94. The molecule has 0 saturated carbocycles. The molecule has 1 aromatic heterocycles. The van der Waals surface area contributed by atoms with Crippen LogP contribution in [-0.2, 0) is 17.5 Å². The molecule has 0 unspecified atom stereocenters. The Kier molecular flexibility index (Phi) is 4.51. The Hall–Kier alpha value is -1.56. The average Bonchev–Trinajstić information content (AvgIpc) is 2.28. The number of hydrogen-bond donors (Lipinski definition) is 1. The zero-order chi connectivity index (χ0) is 12.9. The predicted molar refractivity (Wildman–Crippen MR) is 55.8 cm³/mol. The molecule has 0 radical (unpaired) electrons. The Balaban J connectivity index is 3.07. The molecule has 0 amide bonds. The lowest BCUT2D eigenvalue weighted by Gasteiger charge is -2.08. The summed E-state index contributed by atoms with van der Waals surface area (Å²) < 4.78 is 42.1. The van der Waals surface area contributed by atoms with Gasteiger partial charge in [-0.3, -0.25) is 4.98 Å². The quantitative estimate of drug-likeness (QED) is 0.831. The third-order valence-corrected chi connectivity index (χ3v) is 1.99. The molecular formula is C11H12F3NO2. The van der Waals surface area contributed by atoms with Gasteiger partial charge in [-0.1, -0.05) is 0 Å². The highest BCUT2D eigenvalue weighted by atomic mass is 19.4. The second kappa shape index (κ2) is 5.67. The van der Waals surface area contributed by atoms with Gasteiger partial charge < -0.3 is 9.84 Å². The van der Waals surface area contributed by atoms with Crippen molar-refractivity contribution in [1.82, 2.24) is 4.98 Å². The molecule has 17 heavy (non-hydrogen) atoms. The maximum Gasteiger partial charge on any atom is 0.433 e. The SMILES string of the molecule is CCO/C=C/c1cc(C(F)(F)F)ncc1CO. The molecule has 1 rings (SSSR count). The van der Waals surface area contributed by atoms with Gasteiger partial charge in [0.2, 0.25) is 0 Å². The van der Waals surface area contributed by atoms with Crippen molar-refractivity contribution in [3.05, 3.63) is 35.3 Å². The number of rotatable bonds is 4. The van der Waals surface area contributed by atoms with Gasteiger partial charge in [0, 0.05) is 11.8 Å². The number of alkyl halides is 3. The monoisotopic (exact) mass is 247 g/mol. The first kappa shape index (κ1) is 13.5. The van der Waals surface area contributed by atoms with Crippen LogP contribution in [0.25, 0.3) is 6.08 Å². The fourth-order valence-corrected chi connectivity index (χ4v) is 1.16. The van der Waals surface area contributed by atoms with Crippen LogP contribution in [0.3, 0.4) is 0 Å². The molecule has 0 bridgehead atoms. The standard InChI is InChI=1S/C11H12F3NO2/c1-2-17-4-3-8-5-10(11(12,13)14)15-6-9(8)7-16/h3-6,16H,2,7H2,1H3/b4-3+. The highest BCUT2D eigenvalue weighted by Crippen LogP contribution is 2.29. The molecule has 1 N–H and O–H groups in total. The Labute approximate surface area is 96.6 Å². The van der Waals surface area contributed by atoms with Crippen molar-refractivity contribution in [3.8, 4) is 0 Å². The Morgan fingerprint density at radius 1 is 1.47 bits per heavy atom. The van der Waals surface area contributed by atoms with Crippen LogP contribution in [0.5, 0.6) is 0 Å². The lowest BCUT2D eigenvalue weighted by atomic mass is 10.1. The van der Waals surface area contributed by atoms with Crippen molar-refractivity contribution in [2.75, 3.05) is 6.61 Å². The van der Waals surface area contributed by atoms with Crippen LogP contribution in [0.1, 0.15) is 23.7 Å². The summed E-state index contributed by atoms with van der Waals surface area (Å²) in [5, 5.41) is 8.97. The first-order chi connectivity index (χ1) is 7.99. The number of aliphatic hydroxyl groups is 1. The topological polar surface area (TPSA) is 42.4 Å². The largest absolute Gasteiger partial charge is 0.501 e. The third kappa shape index (κ3) is 3.74. The fraction of sp³-hybridized carbons (Fsp3) is 0.364. The molecule has 1 aromatic rings. The Bertz CT molecular complexity index is 402. The normalized spacial score (nSPS) is 12.1. The number of hydrogen-bond acceptors (Lipinski definition) is 3. The van der Waals surface area contributed by atoms with E-state index in [0.29, 0.717) is 12.2 Å². The third-order valence-electron chi connectivity index (χ3n) is 1.99. The van der Waals surface area contributed by atoms with Crippen LogP contribution in [-0.4, -0.2) is 16.7 Å². The Morgan fingerprint density at radius 3 is 2.71 bits per heavy atom. The van der Waals surface area contributed by atoms with Crippen LogP contribution in [0.2, 0.25) is 0 Å². The van der Waals surface area contributed by atoms with E-state index in [9.17, 15) is 13.2 Å². The molecule has 0 saturated heterocycles. The van der Waals surface area contributed by atoms with Gasteiger partial charge in [0.15, 0.2) is 0 Å². The Morgan fingerprint density at radius 2 is 2.18 bits per heavy atom. The van der Waals surface area contributed by atoms with Gasteiger partial charge in [0.05, 0.1) is 19.5 Å². The lowest BCUT2D eigenvalue weighted by Crippen LogP contribution is -2.09. The summed E-state index contributed by atoms with van der Waals surface area (Å²) in [5.41, 5.74) is -0.442. The summed E-state index contributed by atoms with van der Waals surface area (Å²) in [5.74, 6) is 0. The molecule has 3 nitrogen and oxygen atoms in total. The van der Waals surface area contributed by atoms with Crippen LogP contribution in [0.4, 0.5) is 13.2 Å². The molecule has 0 aliphatic rings. The number of halogens is 3. The zero-order valence-corrected chi connectivity index (χ0v) is 9.16. The fourth-order valence-electron chi connectivity index (χ4n) is 1.16. The highest BCUT2D eigenvalue weighted by molar-refractivity contribution is 5.53. The van der Waals surface area contributed by atoms with E-state index < -0.39 is 11.9 Å². The van der Waals surface area contributed by atoms with E-state index in [-0.39, 0.29) is 12.2 Å². The summed E-state index contributed by atoms with van der Waals surface area (Å²) in [7, 11) is 0. The molecule has 0 aliphatic carbocycles. The molecule has 0 aliphatic heterocycles. The lowest BCUT2D eigenvalue weighted by molar-refractivity contribution is -0.141. The van der Waals surface area contributed by atoms with E-state index in [4.69, 9.17) is 9.84 Å². The van der Waals surface area contributed by atoms with E-state index in [1.807, 2.05) is 0 Å². The number of nitrogens with zero attached hydrogens (tertiary/aromatic N) is 1. The number of aliphatic hydroxyl groups excluding tert-OH is 1. The molecular weight excluding hydrogens is 235 g/mol. The second-order valence-electron chi connectivity index (χ2n) is 3.18.